The monoisotopic (exact) mass is 442 g/mol. The largest absolute Gasteiger partial charge is 0.473 e. The molecule has 0 aliphatic carbocycles. The molecule has 0 unspecified atom stereocenters. The lowest BCUT2D eigenvalue weighted by Gasteiger charge is -2.09. The van der Waals surface area contributed by atoms with Crippen molar-refractivity contribution in [3.8, 4) is 22.8 Å². The van der Waals surface area contributed by atoms with Gasteiger partial charge in [0.15, 0.2) is 11.5 Å². The van der Waals surface area contributed by atoms with Gasteiger partial charge in [0.25, 0.3) is 5.69 Å². The van der Waals surface area contributed by atoms with Crippen LogP contribution in [-0.2, 0) is 23.2 Å². The highest BCUT2D eigenvalue weighted by Gasteiger charge is 2.23. The highest BCUT2D eigenvalue weighted by Crippen LogP contribution is 2.38. The maximum Gasteiger partial charge on any atom is 0.414 e. The van der Waals surface area contributed by atoms with Crippen LogP contribution >= 0.6 is 0 Å². The van der Waals surface area contributed by atoms with Crippen molar-refractivity contribution in [1.29, 1.82) is 0 Å². The molecule has 0 radical (unpaired) electrons. The Morgan fingerprint density at radius 1 is 1.16 bits per heavy atom. The van der Waals surface area contributed by atoms with E-state index in [4.69, 9.17) is 29.3 Å². The number of fused-ring (bicyclic) bond motifs is 1. The predicted octanol–water partition coefficient (Wildman–Crippen LogP) is 2.49. The van der Waals surface area contributed by atoms with E-state index in [1.807, 2.05) is 41.9 Å². The number of hydrogen-bond donors (Lipinski definition) is 3. The molecule has 0 saturated carbocycles. The summed E-state index contributed by atoms with van der Waals surface area (Å²) < 4.78 is 12.4. The molecule has 1 aliphatic heterocycles. The lowest BCUT2D eigenvalue weighted by atomic mass is 10.1. The predicted molar refractivity (Wildman–Crippen MR) is 110 cm³/mol. The molecule has 0 bridgehead atoms. The fourth-order valence-electron chi connectivity index (χ4n) is 2.91. The topological polar surface area (TPSA) is 166 Å². The summed E-state index contributed by atoms with van der Waals surface area (Å²) in [4.78, 5) is 33.5. The van der Waals surface area contributed by atoms with Gasteiger partial charge in [-0.1, -0.05) is 30.3 Å². The minimum Gasteiger partial charge on any atom is -0.473 e. The Morgan fingerprint density at radius 2 is 1.78 bits per heavy atom. The number of carboxylic acid groups (broad SMARTS) is 2. The molecule has 4 rings (SSSR count). The average molecular weight is 442 g/mol. The van der Waals surface area contributed by atoms with Gasteiger partial charge in [0, 0.05) is 13.6 Å². The highest BCUT2D eigenvalue weighted by atomic mass is 16.7. The number of nitro benzene ring substituents is 1. The van der Waals surface area contributed by atoms with E-state index in [1.165, 1.54) is 6.07 Å². The van der Waals surface area contributed by atoms with E-state index < -0.39 is 16.9 Å². The van der Waals surface area contributed by atoms with Gasteiger partial charge in [-0.25, -0.2) is 14.6 Å². The summed E-state index contributed by atoms with van der Waals surface area (Å²) in [6.07, 6.45) is 1.77. The summed E-state index contributed by atoms with van der Waals surface area (Å²) in [7, 11) is 1.89. The van der Waals surface area contributed by atoms with Gasteiger partial charge in [0.05, 0.1) is 28.4 Å². The molecule has 2 aromatic carbocycles. The molecule has 1 aliphatic rings. The van der Waals surface area contributed by atoms with E-state index in [1.54, 1.807) is 12.3 Å². The number of nitrogens with one attached hydrogen (secondary N) is 1. The van der Waals surface area contributed by atoms with Crippen LogP contribution in [0.15, 0.2) is 48.7 Å². The minimum absolute atomic E-state index is 0.0146. The Bertz CT molecular complexity index is 1150. The summed E-state index contributed by atoms with van der Waals surface area (Å²) in [5, 5.41) is 29.3. The molecular formula is C20H18N4O8. The molecular weight excluding hydrogens is 424 g/mol. The van der Waals surface area contributed by atoms with Gasteiger partial charge >= 0.3 is 11.9 Å². The summed E-state index contributed by atoms with van der Waals surface area (Å²) in [6, 6.07) is 12.9. The Balaban J connectivity index is 0.000000427. The van der Waals surface area contributed by atoms with Gasteiger partial charge in [0.1, 0.15) is 0 Å². The lowest BCUT2D eigenvalue weighted by Crippen LogP contribution is -2.09. The van der Waals surface area contributed by atoms with Crippen LogP contribution < -0.4 is 14.8 Å². The molecule has 0 amide bonds. The van der Waals surface area contributed by atoms with Gasteiger partial charge in [0.2, 0.25) is 12.7 Å². The SMILES string of the molecule is Cn1c(-c2ccccc2)cnc1NCc1cc2c(cc1[N+](=O)[O-])OCO2.O=C(O)C(=O)O. The molecule has 2 heterocycles. The van der Waals surface area contributed by atoms with Crippen LogP contribution in [0, 0.1) is 10.1 Å². The minimum atomic E-state index is -1.82. The van der Waals surface area contributed by atoms with Crippen LogP contribution in [0.3, 0.4) is 0 Å². The molecule has 1 aromatic heterocycles. The van der Waals surface area contributed by atoms with Crippen LogP contribution in [0.5, 0.6) is 11.5 Å². The van der Waals surface area contributed by atoms with Gasteiger partial charge in [-0.3, -0.25) is 10.1 Å². The first-order chi connectivity index (χ1) is 15.3. The maximum absolute atomic E-state index is 11.3. The zero-order valence-corrected chi connectivity index (χ0v) is 16.7. The van der Waals surface area contributed by atoms with E-state index in [2.05, 4.69) is 10.3 Å². The second-order valence-electron chi connectivity index (χ2n) is 6.45. The van der Waals surface area contributed by atoms with Crippen molar-refractivity contribution in [1.82, 2.24) is 9.55 Å². The second-order valence-corrected chi connectivity index (χ2v) is 6.45. The van der Waals surface area contributed by atoms with E-state index in [0.29, 0.717) is 23.0 Å². The number of nitro groups is 1. The van der Waals surface area contributed by atoms with Crippen molar-refractivity contribution in [3.05, 3.63) is 64.3 Å². The smallest absolute Gasteiger partial charge is 0.414 e. The van der Waals surface area contributed by atoms with E-state index in [0.717, 1.165) is 11.3 Å². The van der Waals surface area contributed by atoms with Crippen LogP contribution in [0.2, 0.25) is 0 Å². The Hall–Kier alpha value is -4.61. The number of carbonyl (C=O) groups is 2. The van der Waals surface area contributed by atoms with Gasteiger partial charge in [-0.15, -0.1) is 0 Å². The number of nitrogens with zero attached hydrogens (tertiary/aromatic N) is 3. The second kappa shape index (κ2) is 9.47. The molecule has 0 atom stereocenters. The molecule has 32 heavy (non-hydrogen) atoms. The number of carboxylic acids is 2. The third-order valence-electron chi connectivity index (χ3n) is 4.45. The number of aliphatic carboxylic acids is 2. The quantitative estimate of drug-likeness (QED) is 0.303. The first-order valence-corrected chi connectivity index (χ1v) is 9.12. The molecule has 0 spiro atoms. The fraction of sp³-hybridized carbons (Fsp3) is 0.150. The zero-order chi connectivity index (χ0) is 23.3. The van der Waals surface area contributed by atoms with Crippen molar-refractivity contribution < 1.29 is 34.2 Å². The van der Waals surface area contributed by atoms with Crippen LogP contribution in [0.25, 0.3) is 11.3 Å². The first kappa shape index (κ1) is 22.1. The Kier molecular flexibility index (Phi) is 6.53. The van der Waals surface area contributed by atoms with Crippen molar-refractivity contribution in [2.75, 3.05) is 12.1 Å². The number of hydrogen-bond acceptors (Lipinski definition) is 8. The summed E-state index contributed by atoms with van der Waals surface area (Å²) in [5.41, 5.74) is 2.49. The molecule has 3 N–H and O–H groups in total. The third kappa shape index (κ3) is 4.92. The van der Waals surface area contributed by atoms with E-state index in [-0.39, 0.29) is 19.0 Å². The number of aromatic nitrogens is 2. The van der Waals surface area contributed by atoms with E-state index in [9.17, 15) is 10.1 Å². The van der Waals surface area contributed by atoms with Crippen LogP contribution in [0.4, 0.5) is 11.6 Å². The summed E-state index contributed by atoms with van der Waals surface area (Å²) in [6.45, 7) is 0.315. The van der Waals surface area contributed by atoms with Gasteiger partial charge in [-0.2, -0.15) is 0 Å². The Labute approximate surface area is 180 Å². The molecule has 12 heteroatoms. The maximum atomic E-state index is 11.3. The van der Waals surface area contributed by atoms with Crippen molar-refractivity contribution in [2.24, 2.45) is 7.05 Å². The van der Waals surface area contributed by atoms with Crippen LogP contribution in [0.1, 0.15) is 5.56 Å². The third-order valence-corrected chi connectivity index (χ3v) is 4.45. The number of benzene rings is 2. The first-order valence-electron chi connectivity index (χ1n) is 9.12. The van der Waals surface area contributed by atoms with Crippen molar-refractivity contribution >= 4 is 23.6 Å². The fourth-order valence-corrected chi connectivity index (χ4v) is 2.91. The number of anilines is 1. The molecule has 3 aromatic rings. The Morgan fingerprint density at radius 3 is 2.38 bits per heavy atom. The average Bonchev–Trinajstić information content (AvgIpc) is 3.38. The number of ether oxygens (including phenoxy) is 2. The standard InChI is InChI=1S/C18H16N4O4.C2H2O4/c1-21-15(12-5-3-2-4-6-12)10-20-18(21)19-9-13-7-16-17(26-11-25-16)8-14(13)22(23)24;3-1(4)2(5)6/h2-8,10H,9,11H2,1H3,(H,19,20);(H,3,4)(H,5,6). The van der Waals surface area contributed by atoms with Gasteiger partial charge in [-0.05, 0) is 11.6 Å². The van der Waals surface area contributed by atoms with Crippen LogP contribution in [-0.4, -0.2) is 43.4 Å². The molecule has 0 fully saturated rings. The molecule has 166 valence electrons. The van der Waals surface area contributed by atoms with Crippen molar-refractivity contribution in [2.45, 2.75) is 6.54 Å². The van der Waals surface area contributed by atoms with Gasteiger partial charge < -0.3 is 29.6 Å². The molecule has 0 saturated heterocycles. The van der Waals surface area contributed by atoms with Crippen molar-refractivity contribution in [3.63, 3.8) is 0 Å². The number of imidazole rings is 1. The lowest BCUT2D eigenvalue weighted by molar-refractivity contribution is -0.385. The summed E-state index contributed by atoms with van der Waals surface area (Å²) in [5.74, 6) is -2.12. The highest BCUT2D eigenvalue weighted by molar-refractivity contribution is 6.27. The number of rotatable bonds is 5. The molecule has 12 nitrogen and oxygen atoms in total. The zero-order valence-electron chi connectivity index (χ0n) is 16.7. The van der Waals surface area contributed by atoms with E-state index >= 15 is 0 Å². The summed E-state index contributed by atoms with van der Waals surface area (Å²) >= 11 is 0. The normalized spacial score (nSPS) is 11.3.